The van der Waals surface area contributed by atoms with Crippen molar-refractivity contribution in [3.05, 3.63) is 70.0 Å². The quantitative estimate of drug-likeness (QED) is 0.731. The molecule has 1 aromatic heterocycles. The van der Waals surface area contributed by atoms with Crippen molar-refractivity contribution in [2.45, 2.75) is 26.9 Å². The fourth-order valence-electron chi connectivity index (χ4n) is 2.61. The highest BCUT2D eigenvalue weighted by Gasteiger charge is 2.18. The number of aliphatic hydroxyl groups excluding tert-OH is 1. The maximum atomic E-state index is 12.6. The normalized spacial score (nSPS) is 12.0. The zero-order chi connectivity index (χ0) is 18.8. The number of aliphatic hydroxyl groups is 1. The molecule has 26 heavy (non-hydrogen) atoms. The lowest BCUT2D eigenvalue weighted by Gasteiger charge is -2.09. The molecule has 0 aliphatic carbocycles. The van der Waals surface area contributed by atoms with Crippen LogP contribution in [0.2, 0.25) is 5.02 Å². The van der Waals surface area contributed by atoms with Crippen molar-refractivity contribution in [3.8, 4) is 5.69 Å². The van der Waals surface area contributed by atoms with Crippen molar-refractivity contribution in [1.29, 1.82) is 0 Å². The topological polar surface area (TPSA) is 80.0 Å². The van der Waals surface area contributed by atoms with E-state index in [9.17, 15) is 9.90 Å². The third kappa shape index (κ3) is 3.61. The molecule has 0 fully saturated rings. The second-order valence-electron chi connectivity index (χ2n) is 6.12. The van der Waals surface area contributed by atoms with Crippen LogP contribution in [0.4, 0.5) is 5.69 Å². The molecule has 2 N–H and O–H groups in total. The first-order valence-corrected chi connectivity index (χ1v) is 8.53. The second kappa shape index (κ2) is 7.27. The van der Waals surface area contributed by atoms with E-state index in [0.717, 1.165) is 16.8 Å². The van der Waals surface area contributed by atoms with Gasteiger partial charge >= 0.3 is 0 Å². The number of aryl methyl sites for hydroxylation is 1. The molecule has 1 unspecified atom stereocenters. The van der Waals surface area contributed by atoms with Crippen LogP contribution in [-0.2, 0) is 0 Å². The molecule has 2 aromatic carbocycles. The third-order valence-electron chi connectivity index (χ3n) is 4.12. The van der Waals surface area contributed by atoms with Crippen LogP contribution in [0.1, 0.15) is 40.3 Å². The van der Waals surface area contributed by atoms with E-state index in [-0.39, 0.29) is 11.6 Å². The Bertz CT molecular complexity index is 966. The Labute approximate surface area is 156 Å². The Kier molecular flexibility index (Phi) is 5.06. The number of halogens is 1. The average molecular weight is 371 g/mol. The molecular formula is C19H19ClN4O2. The Hall–Kier alpha value is -2.70. The number of anilines is 1. The highest BCUT2D eigenvalue weighted by molar-refractivity contribution is 6.31. The van der Waals surface area contributed by atoms with E-state index in [0.29, 0.717) is 16.4 Å². The molecule has 0 saturated carbocycles. The van der Waals surface area contributed by atoms with E-state index < -0.39 is 6.10 Å². The predicted octanol–water partition coefficient (Wildman–Crippen LogP) is 3.84. The maximum Gasteiger partial charge on any atom is 0.278 e. The summed E-state index contributed by atoms with van der Waals surface area (Å²) in [6.45, 7) is 5.36. The predicted molar refractivity (Wildman–Crippen MR) is 101 cm³/mol. The van der Waals surface area contributed by atoms with E-state index in [1.165, 1.54) is 0 Å². The van der Waals surface area contributed by atoms with Crippen LogP contribution in [0.3, 0.4) is 0 Å². The van der Waals surface area contributed by atoms with Crippen molar-refractivity contribution >= 4 is 23.2 Å². The minimum absolute atomic E-state index is 0.236. The second-order valence-corrected chi connectivity index (χ2v) is 6.53. The molecule has 0 saturated heterocycles. The number of nitrogens with one attached hydrogen (secondary N) is 1. The van der Waals surface area contributed by atoms with Gasteiger partial charge in [0.05, 0.1) is 17.5 Å². The molecule has 6 nitrogen and oxygen atoms in total. The zero-order valence-corrected chi connectivity index (χ0v) is 15.4. The van der Waals surface area contributed by atoms with E-state index in [1.54, 1.807) is 48.9 Å². The molecule has 7 heteroatoms. The number of carbonyl (C=O) groups is 1. The van der Waals surface area contributed by atoms with Gasteiger partial charge in [-0.05, 0) is 62.2 Å². The number of nitrogens with zero attached hydrogens (tertiary/aromatic N) is 3. The Morgan fingerprint density at radius 3 is 2.69 bits per heavy atom. The van der Waals surface area contributed by atoms with Gasteiger partial charge in [0.1, 0.15) is 0 Å². The van der Waals surface area contributed by atoms with Gasteiger partial charge in [-0.2, -0.15) is 0 Å². The van der Waals surface area contributed by atoms with Crippen LogP contribution < -0.4 is 5.32 Å². The Balaban J connectivity index is 1.86. The highest BCUT2D eigenvalue weighted by Crippen LogP contribution is 2.21. The minimum atomic E-state index is -0.609. The molecule has 3 rings (SSSR count). The van der Waals surface area contributed by atoms with Crippen molar-refractivity contribution in [2.75, 3.05) is 5.32 Å². The lowest BCUT2D eigenvalue weighted by Crippen LogP contribution is -2.14. The standard InChI is InChI=1S/C19H19ClN4O2/c1-11-9-16(7-8-17(11)20)24-12(2)18(22-23-24)19(26)21-15-6-4-5-14(10-15)13(3)25/h4-10,13,25H,1-3H3,(H,21,26). The first-order valence-electron chi connectivity index (χ1n) is 8.15. The van der Waals surface area contributed by atoms with Gasteiger partial charge in [-0.15, -0.1) is 5.10 Å². The summed E-state index contributed by atoms with van der Waals surface area (Å²) in [7, 11) is 0. The zero-order valence-electron chi connectivity index (χ0n) is 14.7. The number of aromatic nitrogens is 3. The van der Waals surface area contributed by atoms with E-state index in [1.807, 2.05) is 19.1 Å². The molecule has 0 aliphatic rings. The van der Waals surface area contributed by atoms with Crippen molar-refractivity contribution in [2.24, 2.45) is 0 Å². The van der Waals surface area contributed by atoms with Crippen LogP contribution in [0.15, 0.2) is 42.5 Å². The smallest absolute Gasteiger partial charge is 0.278 e. The van der Waals surface area contributed by atoms with E-state index >= 15 is 0 Å². The van der Waals surface area contributed by atoms with Crippen LogP contribution in [-0.4, -0.2) is 26.0 Å². The van der Waals surface area contributed by atoms with Gasteiger partial charge in [0.2, 0.25) is 0 Å². The highest BCUT2D eigenvalue weighted by atomic mass is 35.5. The Morgan fingerprint density at radius 2 is 2.00 bits per heavy atom. The van der Waals surface area contributed by atoms with Gasteiger partial charge in [-0.1, -0.05) is 28.9 Å². The van der Waals surface area contributed by atoms with E-state index in [2.05, 4.69) is 15.6 Å². The summed E-state index contributed by atoms with van der Waals surface area (Å²) >= 11 is 6.06. The number of rotatable bonds is 4. The number of carbonyl (C=O) groups excluding carboxylic acids is 1. The largest absolute Gasteiger partial charge is 0.389 e. The summed E-state index contributed by atoms with van der Waals surface area (Å²) in [5.74, 6) is -0.359. The van der Waals surface area contributed by atoms with Crippen LogP contribution in [0, 0.1) is 13.8 Å². The Morgan fingerprint density at radius 1 is 1.23 bits per heavy atom. The van der Waals surface area contributed by atoms with Crippen molar-refractivity contribution in [3.63, 3.8) is 0 Å². The van der Waals surface area contributed by atoms with Crippen molar-refractivity contribution in [1.82, 2.24) is 15.0 Å². The van der Waals surface area contributed by atoms with Crippen LogP contribution in [0.5, 0.6) is 0 Å². The molecule has 1 amide bonds. The van der Waals surface area contributed by atoms with Gasteiger partial charge in [0.15, 0.2) is 5.69 Å². The first kappa shape index (κ1) is 18.1. The van der Waals surface area contributed by atoms with Crippen LogP contribution >= 0.6 is 11.6 Å². The molecule has 1 heterocycles. The summed E-state index contributed by atoms with van der Waals surface area (Å²) in [5, 5.41) is 21.2. The maximum absolute atomic E-state index is 12.6. The summed E-state index contributed by atoms with van der Waals surface area (Å²) in [5.41, 5.74) is 3.87. The molecule has 0 aliphatic heterocycles. The van der Waals surface area contributed by atoms with Crippen LogP contribution in [0.25, 0.3) is 5.69 Å². The molecule has 0 radical (unpaired) electrons. The first-order chi connectivity index (χ1) is 12.4. The molecule has 0 spiro atoms. The summed E-state index contributed by atoms with van der Waals surface area (Å²) in [6.07, 6.45) is -0.609. The van der Waals surface area contributed by atoms with Gasteiger partial charge in [0.25, 0.3) is 5.91 Å². The fourth-order valence-corrected chi connectivity index (χ4v) is 2.73. The number of amides is 1. The SMILES string of the molecule is Cc1cc(-n2nnc(C(=O)Nc3cccc(C(C)O)c3)c2C)ccc1Cl. The summed E-state index contributed by atoms with van der Waals surface area (Å²) in [4.78, 5) is 12.6. The number of benzene rings is 2. The summed E-state index contributed by atoms with van der Waals surface area (Å²) < 4.78 is 1.60. The molecular weight excluding hydrogens is 352 g/mol. The number of hydrogen-bond donors (Lipinski definition) is 2. The monoisotopic (exact) mass is 370 g/mol. The molecule has 1 atom stereocenters. The molecule has 0 bridgehead atoms. The van der Waals surface area contributed by atoms with Gasteiger partial charge < -0.3 is 10.4 Å². The lowest BCUT2D eigenvalue weighted by atomic mass is 10.1. The fraction of sp³-hybridized carbons (Fsp3) is 0.211. The van der Waals surface area contributed by atoms with E-state index in [4.69, 9.17) is 11.6 Å². The average Bonchev–Trinajstić information content (AvgIpc) is 2.99. The van der Waals surface area contributed by atoms with Gasteiger partial charge in [0, 0.05) is 10.7 Å². The van der Waals surface area contributed by atoms with Gasteiger partial charge in [-0.3, -0.25) is 4.79 Å². The van der Waals surface area contributed by atoms with Gasteiger partial charge in [-0.25, -0.2) is 4.68 Å². The molecule has 3 aromatic rings. The third-order valence-corrected chi connectivity index (χ3v) is 4.55. The van der Waals surface area contributed by atoms with Crippen molar-refractivity contribution < 1.29 is 9.90 Å². The number of hydrogen-bond acceptors (Lipinski definition) is 4. The molecule has 134 valence electrons. The minimum Gasteiger partial charge on any atom is -0.389 e. The summed E-state index contributed by atoms with van der Waals surface area (Å²) in [6, 6.07) is 12.6. The lowest BCUT2D eigenvalue weighted by molar-refractivity contribution is 0.102.